The van der Waals surface area contributed by atoms with E-state index >= 15 is 0 Å². The van der Waals surface area contributed by atoms with Gasteiger partial charge in [0.25, 0.3) is 5.91 Å². The van der Waals surface area contributed by atoms with E-state index in [9.17, 15) is 13.2 Å². The third-order valence-corrected chi connectivity index (χ3v) is 6.81. The minimum absolute atomic E-state index is 0.0417. The van der Waals surface area contributed by atoms with Gasteiger partial charge >= 0.3 is 0 Å². The van der Waals surface area contributed by atoms with Crippen molar-refractivity contribution in [3.63, 3.8) is 0 Å². The van der Waals surface area contributed by atoms with Gasteiger partial charge in [0.15, 0.2) is 5.76 Å². The number of aryl methyl sites for hydroxylation is 3. The number of benzene rings is 1. The van der Waals surface area contributed by atoms with Gasteiger partial charge in [-0.15, -0.1) is 0 Å². The fraction of sp³-hybridized carbons (Fsp3) is 0.444. The lowest BCUT2D eigenvalue weighted by Gasteiger charge is -2.31. The van der Waals surface area contributed by atoms with Crippen LogP contribution in [-0.2, 0) is 10.0 Å². The fourth-order valence-electron chi connectivity index (χ4n) is 3.19. The molecule has 1 N–H and O–H groups in total. The number of sulfonamides is 1. The van der Waals surface area contributed by atoms with Crippen molar-refractivity contribution >= 4 is 15.9 Å². The van der Waals surface area contributed by atoms with Crippen molar-refractivity contribution < 1.29 is 17.7 Å². The van der Waals surface area contributed by atoms with Gasteiger partial charge in [0.05, 0.1) is 0 Å². The SMILES string of the molecule is Cc1ccc(C(=O)NC2CCN(S(=O)(=O)c3c(C)noc3C)CC2)cc1. The molecule has 2 heterocycles. The Hall–Kier alpha value is -2.19. The molecule has 140 valence electrons. The second kappa shape index (κ2) is 7.20. The minimum Gasteiger partial charge on any atom is -0.360 e. The van der Waals surface area contributed by atoms with Gasteiger partial charge < -0.3 is 9.84 Å². The molecule has 1 aromatic heterocycles. The Labute approximate surface area is 153 Å². The molecule has 26 heavy (non-hydrogen) atoms. The van der Waals surface area contributed by atoms with Crippen molar-refractivity contribution in [3.05, 3.63) is 46.8 Å². The maximum atomic E-state index is 12.8. The molecule has 8 heteroatoms. The van der Waals surface area contributed by atoms with Gasteiger partial charge in [0, 0.05) is 24.7 Å². The summed E-state index contributed by atoms with van der Waals surface area (Å²) < 4.78 is 32.1. The van der Waals surface area contributed by atoms with Crippen LogP contribution in [0.2, 0.25) is 0 Å². The second-order valence-corrected chi connectivity index (χ2v) is 8.55. The van der Waals surface area contributed by atoms with Crippen LogP contribution in [0.25, 0.3) is 0 Å². The predicted octanol–water partition coefficient (Wildman–Crippen LogP) is 2.18. The first kappa shape index (κ1) is 18.6. The van der Waals surface area contributed by atoms with E-state index in [1.54, 1.807) is 26.0 Å². The summed E-state index contributed by atoms with van der Waals surface area (Å²) in [6.07, 6.45) is 1.14. The Bertz CT molecular complexity index is 876. The number of nitrogens with zero attached hydrogens (tertiary/aromatic N) is 2. The molecule has 1 aliphatic rings. The smallest absolute Gasteiger partial charge is 0.251 e. The standard InChI is InChI=1S/C18H23N3O4S/c1-12-4-6-15(7-5-12)18(22)19-16-8-10-21(11-9-16)26(23,24)17-13(2)20-25-14(17)3/h4-7,16H,8-11H2,1-3H3,(H,19,22). The Morgan fingerprint density at radius 3 is 2.31 bits per heavy atom. The van der Waals surface area contributed by atoms with Gasteiger partial charge in [-0.25, -0.2) is 8.42 Å². The molecule has 7 nitrogen and oxygen atoms in total. The summed E-state index contributed by atoms with van der Waals surface area (Å²) in [6.45, 7) is 5.90. The number of aromatic nitrogens is 1. The zero-order valence-corrected chi connectivity index (χ0v) is 16.0. The van der Waals surface area contributed by atoms with Gasteiger partial charge in [-0.3, -0.25) is 4.79 Å². The van der Waals surface area contributed by atoms with Crippen molar-refractivity contribution in [2.75, 3.05) is 13.1 Å². The molecule has 0 aliphatic carbocycles. The van der Waals surface area contributed by atoms with E-state index in [0.717, 1.165) is 5.56 Å². The molecule has 0 bridgehead atoms. The number of hydrogen-bond acceptors (Lipinski definition) is 5. The van der Waals surface area contributed by atoms with Crippen LogP contribution in [0.15, 0.2) is 33.7 Å². The first-order valence-electron chi connectivity index (χ1n) is 8.59. The molecule has 1 fully saturated rings. The number of hydrogen-bond donors (Lipinski definition) is 1. The van der Waals surface area contributed by atoms with Crippen LogP contribution in [0.1, 0.15) is 40.2 Å². The lowest BCUT2D eigenvalue weighted by atomic mass is 10.1. The zero-order valence-electron chi connectivity index (χ0n) is 15.2. The molecule has 1 aliphatic heterocycles. The normalized spacial score (nSPS) is 16.6. The lowest BCUT2D eigenvalue weighted by Crippen LogP contribution is -2.46. The van der Waals surface area contributed by atoms with E-state index in [-0.39, 0.29) is 16.8 Å². The summed E-state index contributed by atoms with van der Waals surface area (Å²) >= 11 is 0. The molecule has 0 unspecified atom stereocenters. The molecule has 0 saturated carbocycles. The van der Waals surface area contributed by atoms with Crippen LogP contribution in [-0.4, -0.2) is 42.9 Å². The van der Waals surface area contributed by atoms with E-state index in [4.69, 9.17) is 4.52 Å². The maximum Gasteiger partial charge on any atom is 0.251 e. The first-order chi connectivity index (χ1) is 12.3. The summed E-state index contributed by atoms with van der Waals surface area (Å²) in [5, 5.41) is 6.73. The molecule has 0 spiro atoms. The third kappa shape index (κ3) is 3.66. The number of nitrogens with one attached hydrogen (secondary N) is 1. The molecule has 2 aromatic rings. The number of carbonyl (C=O) groups excluding carboxylic acids is 1. The van der Waals surface area contributed by atoms with Crippen LogP contribution < -0.4 is 5.32 Å². The van der Waals surface area contributed by atoms with Gasteiger partial charge in [-0.1, -0.05) is 22.9 Å². The Morgan fingerprint density at radius 2 is 1.77 bits per heavy atom. The fourth-order valence-corrected chi connectivity index (χ4v) is 4.95. The largest absolute Gasteiger partial charge is 0.360 e. The zero-order chi connectivity index (χ0) is 18.9. The second-order valence-electron chi connectivity index (χ2n) is 6.67. The van der Waals surface area contributed by atoms with E-state index in [0.29, 0.717) is 42.9 Å². The number of rotatable bonds is 4. The van der Waals surface area contributed by atoms with Crippen molar-refractivity contribution in [2.24, 2.45) is 0 Å². The molecule has 3 rings (SSSR count). The quantitative estimate of drug-likeness (QED) is 0.882. The third-order valence-electron chi connectivity index (χ3n) is 4.67. The highest BCUT2D eigenvalue weighted by molar-refractivity contribution is 7.89. The van der Waals surface area contributed by atoms with Gasteiger partial charge in [0.1, 0.15) is 10.6 Å². The summed E-state index contributed by atoms with van der Waals surface area (Å²) in [7, 11) is -3.62. The van der Waals surface area contributed by atoms with Crippen LogP contribution in [0.5, 0.6) is 0 Å². The van der Waals surface area contributed by atoms with Crippen LogP contribution in [0, 0.1) is 20.8 Å². The van der Waals surface area contributed by atoms with E-state index in [1.807, 2.05) is 19.1 Å². The minimum atomic E-state index is -3.62. The number of piperidine rings is 1. The average Bonchev–Trinajstić information content (AvgIpc) is 2.95. The van der Waals surface area contributed by atoms with Crippen molar-refractivity contribution in [1.29, 1.82) is 0 Å². The topological polar surface area (TPSA) is 92.5 Å². The van der Waals surface area contributed by atoms with Crippen LogP contribution in [0.3, 0.4) is 0 Å². The van der Waals surface area contributed by atoms with Gasteiger partial charge in [-0.2, -0.15) is 4.31 Å². The summed E-state index contributed by atoms with van der Waals surface area (Å²) in [5.41, 5.74) is 2.08. The Kier molecular flexibility index (Phi) is 5.15. The van der Waals surface area contributed by atoms with Crippen LogP contribution in [0.4, 0.5) is 0 Å². The molecule has 0 radical (unpaired) electrons. The number of amides is 1. The summed E-state index contributed by atoms with van der Waals surface area (Å²) in [5.74, 6) is 0.175. The Morgan fingerprint density at radius 1 is 1.15 bits per heavy atom. The maximum absolute atomic E-state index is 12.8. The molecule has 1 amide bonds. The van der Waals surface area contributed by atoms with Gasteiger partial charge in [-0.05, 0) is 45.7 Å². The molecular weight excluding hydrogens is 354 g/mol. The molecule has 1 aromatic carbocycles. The van der Waals surface area contributed by atoms with Crippen LogP contribution >= 0.6 is 0 Å². The Balaban J connectivity index is 1.62. The average molecular weight is 377 g/mol. The van der Waals surface area contributed by atoms with E-state index < -0.39 is 10.0 Å². The van der Waals surface area contributed by atoms with E-state index in [1.165, 1.54) is 4.31 Å². The predicted molar refractivity (Wildman–Crippen MR) is 96.4 cm³/mol. The highest BCUT2D eigenvalue weighted by Gasteiger charge is 2.34. The van der Waals surface area contributed by atoms with Crippen molar-refractivity contribution in [3.8, 4) is 0 Å². The number of carbonyl (C=O) groups is 1. The van der Waals surface area contributed by atoms with Crippen molar-refractivity contribution in [2.45, 2.75) is 44.6 Å². The van der Waals surface area contributed by atoms with E-state index in [2.05, 4.69) is 10.5 Å². The molecular formula is C18H23N3O4S. The first-order valence-corrected chi connectivity index (χ1v) is 10.0. The van der Waals surface area contributed by atoms with Crippen molar-refractivity contribution in [1.82, 2.24) is 14.8 Å². The highest BCUT2D eigenvalue weighted by Crippen LogP contribution is 2.26. The molecule has 0 atom stereocenters. The summed E-state index contributed by atoms with van der Waals surface area (Å²) in [6, 6.07) is 7.34. The monoisotopic (exact) mass is 377 g/mol. The lowest BCUT2D eigenvalue weighted by molar-refractivity contribution is 0.0924. The molecule has 1 saturated heterocycles. The summed E-state index contributed by atoms with van der Waals surface area (Å²) in [4.78, 5) is 12.5. The highest BCUT2D eigenvalue weighted by atomic mass is 32.2. The van der Waals surface area contributed by atoms with Gasteiger partial charge in [0.2, 0.25) is 10.0 Å².